The van der Waals surface area contributed by atoms with Crippen LogP contribution in [0.2, 0.25) is 0 Å². The average Bonchev–Trinajstić information content (AvgIpc) is 3.04. The Bertz CT molecular complexity index is 337. The number of rotatable bonds is 7. The Balaban J connectivity index is 1.91. The van der Waals surface area contributed by atoms with Gasteiger partial charge in [-0.25, -0.2) is 0 Å². The van der Waals surface area contributed by atoms with Crippen LogP contribution in [0.3, 0.4) is 0 Å². The first-order valence-corrected chi connectivity index (χ1v) is 7.82. The van der Waals surface area contributed by atoms with Crippen molar-refractivity contribution in [3.63, 3.8) is 0 Å². The number of likely N-dealkylation sites (tertiary alicyclic amines) is 1. The molecule has 1 heterocycles. The van der Waals surface area contributed by atoms with Gasteiger partial charge >= 0.3 is 5.97 Å². The lowest BCUT2D eigenvalue weighted by molar-refractivity contribution is -0.144. The van der Waals surface area contributed by atoms with Gasteiger partial charge in [-0.15, -0.1) is 0 Å². The summed E-state index contributed by atoms with van der Waals surface area (Å²) in [5.74, 6) is -0.0653. The van der Waals surface area contributed by atoms with Crippen LogP contribution in [0.5, 0.6) is 0 Å². The maximum atomic E-state index is 11.7. The Labute approximate surface area is 121 Å². The molecule has 20 heavy (non-hydrogen) atoms. The van der Waals surface area contributed by atoms with E-state index >= 15 is 0 Å². The maximum Gasteiger partial charge on any atom is 0.323 e. The first-order chi connectivity index (χ1) is 9.61. The summed E-state index contributed by atoms with van der Waals surface area (Å²) >= 11 is 0. The number of carboxylic acid groups (broad SMARTS) is 1. The minimum Gasteiger partial charge on any atom is -0.480 e. The molecule has 0 amide bonds. The molecule has 116 valence electrons. The summed E-state index contributed by atoms with van der Waals surface area (Å²) in [5.41, 5.74) is -0.694. The third-order valence-electron chi connectivity index (χ3n) is 4.85. The highest BCUT2D eigenvalue weighted by Gasteiger charge is 2.47. The normalized spacial score (nSPS) is 34.7. The average molecular weight is 284 g/mol. The van der Waals surface area contributed by atoms with Crippen LogP contribution in [0.15, 0.2) is 0 Å². The monoisotopic (exact) mass is 284 g/mol. The van der Waals surface area contributed by atoms with Crippen molar-refractivity contribution in [2.75, 3.05) is 33.4 Å². The van der Waals surface area contributed by atoms with Gasteiger partial charge in [0.25, 0.3) is 0 Å². The Hall–Kier alpha value is -0.650. The molecular formula is C15H28N2O3. The maximum absolute atomic E-state index is 11.7. The highest BCUT2D eigenvalue weighted by molar-refractivity contribution is 5.79. The van der Waals surface area contributed by atoms with Gasteiger partial charge in [0.05, 0.1) is 6.61 Å². The van der Waals surface area contributed by atoms with E-state index in [1.54, 1.807) is 7.11 Å². The Kier molecular flexibility index (Phi) is 5.41. The van der Waals surface area contributed by atoms with E-state index in [9.17, 15) is 9.90 Å². The zero-order valence-corrected chi connectivity index (χ0v) is 12.7. The summed E-state index contributed by atoms with van der Waals surface area (Å²) in [6.45, 7) is 5.82. The van der Waals surface area contributed by atoms with Crippen LogP contribution in [0, 0.1) is 5.92 Å². The SMILES string of the molecule is CCCNC1(C(=O)O)CCC(N2CCC(COC)C2)C1. The highest BCUT2D eigenvalue weighted by Crippen LogP contribution is 2.35. The molecule has 0 aromatic carbocycles. The largest absolute Gasteiger partial charge is 0.480 e. The topological polar surface area (TPSA) is 61.8 Å². The van der Waals surface area contributed by atoms with Gasteiger partial charge < -0.3 is 15.2 Å². The number of nitrogens with zero attached hydrogens (tertiary/aromatic N) is 1. The van der Waals surface area contributed by atoms with Crippen molar-refractivity contribution in [1.82, 2.24) is 10.2 Å². The predicted molar refractivity (Wildman–Crippen MR) is 77.9 cm³/mol. The van der Waals surface area contributed by atoms with Gasteiger partial charge in [-0.2, -0.15) is 0 Å². The molecule has 1 aliphatic heterocycles. The van der Waals surface area contributed by atoms with Crippen LogP contribution in [-0.4, -0.2) is 60.9 Å². The van der Waals surface area contributed by atoms with Gasteiger partial charge in [0, 0.05) is 19.7 Å². The lowest BCUT2D eigenvalue weighted by atomic mass is 9.97. The zero-order chi connectivity index (χ0) is 14.6. The molecular weight excluding hydrogens is 256 g/mol. The fraction of sp³-hybridized carbons (Fsp3) is 0.933. The second-order valence-corrected chi connectivity index (χ2v) is 6.32. The molecule has 1 aliphatic carbocycles. The summed E-state index contributed by atoms with van der Waals surface area (Å²) in [4.78, 5) is 14.1. The summed E-state index contributed by atoms with van der Waals surface area (Å²) in [7, 11) is 1.75. The molecule has 2 fully saturated rings. The zero-order valence-electron chi connectivity index (χ0n) is 12.7. The van der Waals surface area contributed by atoms with E-state index in [0.29, 0.717) is 12.0 Å². The van der Waals surface area contributed by atoms with Crippen molar-refractivity contribution in [2.45, 2.75) is 50.6 Å². The fourth-order valence-electron chi connectivity index (χ4n) is 3.69. The van der Waals surface area contributed by atoms with Crippen LogP contribution in [-0.2, 0) is 9.53 Å². The number of nitrogens with one attached hydrogen (secondary N) is 1. The molecule has 3 atom stereocenters. The van der Waals surface area contributed by atoms with Crippen LogP contribution in [0.25, 0.3) is 0 Å². The van der Waals surface area contributed by atoms with Crippen molar-refractivity contribution in [2.24, 2.45) is 5.92 Å². The van der Waals surface area contributed by atoms with E-state index in [4.69, 9.17) is 4.74 Å². The first-order valence-electron chi connectivity index (χ1n) is 7.82. The van der Waals surface area contributed by atoms with E-state index in [2.05, 4.69) is 17.1 Å². The van der Waals surface area contributed by atoms with Gasteiger partial charge in [0.1, 0.15) is 5.54 Å². The van der Waals surface area contributed by atoms with Gasteiger partial charge in [0.2, 0.25) is 0 Å². The summed E-state index contributed by atoms with van der Waals surface area (Å²) in [5, 5.41) is 12.9. The van der Waals surface area contributed by atoms with Crippen molar-refractivity contribution in [1.29, 1.82) is 0 Å². The quantitative estimate of drug-likeness (QED) is 0.738. The molecule has 2 rings (SSSR count). The number of aliphatic carboxylic acids is 1. The molecule has 5 nitrogen and oxygen atoms in total. The first kappa shape index (κ1) is 15.7. The highest BCUT2D eigenvalue weighted by atomic mass is 16.5. The summed E-state index contributed by atoms with van der Waals surface area (Å²) in [6, 6.07) is 0.414. The minimum absolute atomic E-state index is 0.414. The number of methoxy groups -OCH3 is 1. The Morgan fingerprint density at radius 1 is 1.50 bits per heavy atom. The second kappa shape index (κ2) is 6.87. The van der Waals surface area contributed by atoms with Crippen LogP contribution in [0.1, 0.15) is 39.0 Å². The standard InChI is InChI=1S/C15H28N2O3/c1-3-7-16-15(14(18)19)6-4-13(9-15)17-8-5-12(10-17)11-20-2/h12-13,16H,3-11H2,1-2H3,(H,18,19). The van der Waals surface area contributed by atoms with Gasteiger partial charge in [-0.3, -0.25) is 9.69 Å². The third-order valence-corrected chi connectivity index (χ3v) is 4.85. The lowest BCUT2D eigenvalue weighted by Gasteiger charge is -2.28. The van der Waals surface area contributed by atoms with E-state index < -0.39 is 11.5 Å². The van der Waals surface area contributed by atoms with Crippen LogP contribution >= 0.6 is 0 Å². The molecule has 0 bridgehead atoms. The predicted octanol–water partition coefficient (Wildman–Crippen LogP) is 1.33. The van der Waals surface area contributed by atoms with E-state index in [0.717, 1.165) is 51.9 Å². The Morgan fingerprint density at radius 2 is 2.30 bits per heavy atom. The molecule has 1 saturated heterocycles. The van der Waals surface area contributed by atoms with Crippen LogP contribution < -0.4 is 5.32 Å². The van der Waals surface area contributed by atoms with Gasteiger partial charge in [-0.05, 0) is 51.1 Å². The van der Waals surface area contributed by atoms with Crippen molar-refractivity contribution in [3.8, 4) is 0 Å². The molecule has 5 heteroatoms. The lowest BCUT2D eigenvalue weighted by Crippen LogP contribution is -2.51. The molecule has 0 aromatic heterocycles. The smallest absolute Gasteiger partial charge is 0.323 e. The van der Waals surface area contributed by atoms with E-state index in [-0.39, 0.29) is 0 Å². The van der Waals surface area contributed by atoms with Crippen molar-refractivity contribution < 1.29 is 14.6 Å². The number of ether oxygens (including phenoxy) is 1. The van der Waals surface area contributed by atoms with Crippen LogP contribution in [0.4, 0.5) is 0 Å². The van der Waals surface area contributed by atoms with E-state index in [1.807, 2.05) is 0 Å². The fourth-order valence-corrected chi connectivity index (χ4v) is 3.69. The number of hydrogen-bond donors (Lipinski definition) is 2. The minimum atomic E-state index is -0.694. The molecule has 0 spiro atoms. The molecule has 0 aromatic rings. The molecule has 2 aliphatic rings. The van der Waals surface area contributed by atoms with Gasteiger partial charge in [-0.1, -0.05) is 6.92 Å². The van der Waals surface area contributed by atoms with E-state index in [1.165, 1.54) is 6.42 Å². The van der Waals surface area contributed by atoms with Gasteiger partial charge in [0.15, 0.2) is 0 Å². The molecule has 0 radical (unpaired) electrons. The van der Waals surface area contributed by atoms with Crippen molar-refractivity contribution >= 4 is 5.97 Å². The number of carboxylic acids is 1. The molecule has 1 saturated carbocycles. The second-order valence-electron chi connectivity index (χ2n) is 6.32. The third kappa shape index (κ3) is 3.32. The van der Waals surface area contributed by atoms with Crippen molar-refractivity contribution in [3.05, 3.63) is 0 Å². The molecule has 2 N–H and O–H groups in total. The summed E-state index contributed by atoms with van der Waals surface area (Å²) in [6.07, 6.45) is 4.62. The summed E-state index contributed by atoms with van der Waals surface area (Å²) < 4.78 is 5.24. The number of hydrogen-bond acceptors (Lipinski definition) is 4. The number of carbonyl (C=O) groups is 1. The Morgan fingerprint density at radius 3 is 2.95 bits per heavy atom. The molecule has 3 unspecified atom stereocenters.